The fourth-order valence-electron chi connectivity index (χ4n) is 2.25. The molecule has 0 aromatic heterocycles. The topological polar surface area (TPSA) is 26.3 Å². The van der Waals surface area contributed by atoms with E-state index in [9.17, 15) is 4.79 Å². The van der Waals surface area contributed by atoms with E-state index in [2.05, 4.69) is 47.2 Å². The molecular weight excluding hydrogens is 300 g/mol. The van der Waals surface area contributed by atoms with Gasteiger partial charge in [0.2, 0.25) is 0 Å². The van der Waals surface area contributed by atoms with E-state index in [0.29, 0.717) is 13.0 Å². The van der Waals surface area contributed by atoms with Crippen LogP contribution in [0.2, 0.25) is 18.1 Å². The second-order valence-electron chi connectivity index (χ2n) is 8.30. The lowest BCUT2D eigenvalue weighted by molar-refractivity contribution is -0.121. The molecule has 0 bridgehead atoms. The molecule has 0 saturated heterocycles. The summed E-state index contributed by atoms with van der Waals surface area (Å²) in [5.41, 5.74) is 0. The molecule has 1 radical (unpaired) electrons. The lowest BCUT2D eigenvalue weighted by Gasteiger charge is -2.35. The normalized spacial score (nSPS) is 12.6. The van der Waals surface area contributed by atoms with Crippen molar-refractivity contribution in [2.45, 2.75) is 110 Å². The van der Waals surface area contributed by atoms with Crippen LogP contribution in [0.4, 0.5) is 0 Å². The molecule has 0 aromatic carbocycles. The summed E-state index contributed by atoms with van der Waals surface area (Å²) < 4.78 is 5.98. The molecule has 0 aliphatic heterocycles. The number of unbranched alkanes of at least 4 members (excludes halogenated alkanes) is 9. The fraction of sp³-hybridized carbons (Fsp3) is 0.900. The third kappa shape index (κ3) is 11.9. The third-order valence-corrected chi connectivity index (χ3v) is 9.53. The average Bonchev–Trinajstić information content (AvgIpc) is 2.46. The first-order chi connectivity index (χ1) is 10.7. The standard InChI is InChI=1S/C20H41O2Si/c1-7-8-9-10-11-12-13-14-15-16-17-19(21)18-22-23(5,6)20(2,3)4/h8H,7,9-18H2,1-6H3. The Balaban J connectivity index is 3.51. The highest BCUT2D eigenvalue weighted by Crippen LogP contribution is 2.36. The second kappa shape index (κ2) is 12.2. The summed E-state index contributed by atoms with van der Waals surface area (Å²) in [6.45, 7) is 13.6. The van der Waals surface area contributed by atoms with Crippen LogP contribution in [-0.2, 0) is 9.22 Å². The monoisotopic (exact) mass is 341 g/mol. The number of hydrogen-bond donors (Lipinski definition) is 0. The quantitative estimate of drug-likeness (QED) is 0.259. The molecule has 0 heterocycles. The molecule has 0 aromatic rings. The van der Waals surface area contributed by atoms with E-state index in [4.69, 9.17) is 4.43 Å². The van der Waals surface area contributed by atoms with E-state index in [1.54, 1.807) is 0 Å². The molecule has 0 rings (SSSR count). The van der Waals surface area contributed by atoms with Crippen molar-refractivity contribution in [1.29, 1.82) is 0 Å². The van der Waals surface area contributed by atoms with Gasteiger partial charge in [0, 0.05) is 6.42 Å². The van der Waals surface area contributed by atoms with E-state index in [1.165, 1.54) is 51.4 Å². The Morgan fingerprint density at radius 2 is 1.48 bits per heavy atom. The Morgan fingerprint density at radius 1 is 0.957 bits per heavy atom. The maximum Gasteiger partial charge on any atom is 0.192 e. The van der Waals surface area contributed by atoms with Crippen molar-refractivity contribution in [3.05, 3.63) is 6.42 Å². The first-order valence-corrected chi connectivity index (χ1v) is 12.6. The van der Waals surface area contributed by atoms with Gasteiger partial charge in [-0.3, -0.25) is 4.79 Å². The third-order valence-electron chi connectivity index (χ3n) is 5.05. The van der Waals surface area contributed by atoms with E-state index in [1.807, 2.05) is 0 Å². The zero-order chi connectivity index (χ0) is 17.8. The molecule has 0 saturated carbocycles. The average molecular weight is 342 g/mol. The van der Waals surface area contributed by atoms with Crippen molar-refractivity contribution in [2.75, 3.05) is 6.61 Å². The van der Waals surface area contributed by atoms with Gasteiger partial charge in [0.05, 0.1) is 6.61 Å². The summed E-state index contributed by atoms with van der Waals surface area (Å²) >= 11 is 0. The summed E-state index contributed by atoms with van der Waals surface area (Å²) in [4.78, 5) is 11.9. The zero-order valence-corrected chi connectivity index (χ0v) is 17.7. The van der Waals surface area contributed by atoms with Gasteiger partial charge in [-0.15, -0.1) is 0 Å². The molecule has 23 heavy (non-hydrogen) atoms. The molecule has 0 spiro atoms. The van der Waals surface area contributed by atoms with Gasteiger partial charge in [-0.2, -0.15) is 0 Å². The summed E-state index contributed by atoms with van der Waals surface area (Å²) in [6.07, 6.45) is 14.4. The van der Waals surface area contributed by atoms with Gasteiger partial charge in [0.25, 0.3) is 0 Å². The number of hydrogen-bond acceptors (Lipinski definition) is 2. The maximum absolute atomic E-state index is 11.9. The molecule has 0 atom stereocenters. The molecule has 0 N–H and O–H groups in total. The molecule has 0 fully saturated rings. The fourth-order valence-corrected chi connectivity index (χ4v) is 3.20. The highest BCUT2D eigenvalue weighted by atomic mass is 28.4. The van der Waals surface area contributed by atoms with Crippen LogP contribution in [0.15, 0.2) is 0 Å². The number of carbonyl (C=O) groups is 1. The van der Waals surface area contributed by atoms with Gasteiger partial charge < -0.3 is 4.43 Å². The highest BCUT2D eigenvalue weighted by Gasteiger charge is 2.37. The number of rotatable bonds is 14. The zero-order valence-electron chi connectivity index (χ0n) is 16.7. The predicted octanol–water partition coefficient (Wildman–Crippen LogP) is 6.70. The van der Waals surface area contributed by atoms with Crippen LogP contribution in [0.1, 0.15) is 91.9 Å². The minimum Gasteiger partial charge on any atom is -0.410 e. The Bertz CT molecular complexity index is 305. The molecule has 0 aliphatic carbocycles. The number of ketones is 1. The first kappa shape index (κ1) is 22.8. The van der Waals surface area contributed by atoms with Crippen molar-refractivity contribution in [3.63, 3.8) is 0 Å². The van der Waals surface area contributed by atoms with Crippen LogP contribution in [0.3, 0.4) is 0 Å². The van der Waals surface area contributed by atoms with Gasteiger partial charge in [-0.05, 0) is 31.0 Å². The highest BCUT2D eigenvalue weighted by molar-refractivity contribution is 6.74. The van der Waals surface area contributed by atoms with E-state index >= 15 is 0 Å². The van der Waals surface area contributed by atoms with Gasteiger partial charge in [0.1, 0.15) is 0 Å². The van der Waals surface area contributed by atoms with Crippen molar-refractivity contribution < 1.29 is 9.22 Å². The maximum atomic E-state index is 11.9. The SMILES string of the molecule is CC[CH]CCCCCCCCCC(=O)CO[Si](C)(C)C(C)(C)C. The smallest absolute Gasteiger partial charge is 0.192 e. The van der Waals surface area contributed by atoms with Gasteiger partial charge in [-0.1, -0.05) is 79.1 Å². The first-order valence-electron chi connectivity index (χ1n) is 9.68. The van der Waals surface area contributed by atoms with E-state index < -0.39 is 8.32 Å². The molecular formula is C20H41O2Si. The molecule has 137 valence electrons. The molecule has 0 amide bonds. The van der Waals surface area contributed by atoms with Crippen molar-refractivity contribution in [3.8, 4) is 0 Å². The number of Topliss-reactive ketones (excluding diaryl/α,β-unsaturated/α-hetero) is 1. The van der Waals surface area contributed by atoms with Gasteiger partial charge in [-0.25, -0.2) is 0 Å². The van der Waals surface area contributed by atoms with Crippen LogP contribution < -0.4 is 0 Å². The Kier molecular flexibility index (Phi) is 12.2. The Labute approximate surface area is 146 Å². The lowest BCUT2D eigenvalue weighted by atomic mass is 10.1. The van der Waals surface area contributed by atoms with Crippen LogP contribution in [0.5, 0.6) is 0 Å². The minimum atomic E-state index is -1.77. The predicted molar refractivity (Wildman–Crippen MR) is 104 cm³/mol. The second-order valence-corrected chi connectivity index (χ2v) is 13.1. The minimum absolute atomic E-state index is 0.183. The summed E-state index contributed by atoms with van der Waals surface area (Å²) in [5, 5.41) is 0.183. The van der Waals surface area contributed by atoms with Gasteiger partial charge in [0.15, 0.2) is 14.1 Å². The van der Waals surface area contributed by atoms with Crippen LogP contribution in [0, 0.1) is 6.42 Å². The van der Waals surface area contributed by atoms with E-state index in [0.717, 1.165) is 6.42 Å². The van der Waals surface area contributed by atoms with Crippen LogP contribution in [-0.4, -0.2) is 20.7 Å². The molecule has 0 unspecified atom stereocenters. The van der Waals surface area contributed by atoms with Crippen molar-refractivity contribution in [2.24, 2.45) is 0 Å². The largest absolute Gasteiger partial charge is 0.410 e. The summed E-state index contributed by atoms with van der Waals surface area (Å²) in [7, 11) is -1.77. The number of carbonyl (C=O) groups excluding carboxylic acids is 1. The molecule has 0 aliphatic rings. The summed E-state index contributed by atoms with van der Waals surface area (Å²) in [5.74, 6) is 0.282. The van der Waals surface area contributed by atoms with Crippen molar-refractivity contribution in [1.82, 2.24) is 0 Å². The Hall–Kier alpha value is -0.153. The molecule has 2 nitrogen and oxygen atoms in total. The van der Waals surface area contributed by atoms with Crippen LogP contribution >= 0.6 is 0 Å². The Morgan fingerprint density at radius 3 is 2.00 bits per heavy atom. The van der Waals surface area contributed by atoms with Crippen LogP contribution in [0.25, 0.3) is 0 Å². The summed E-state index contributed by atoms with van der Waals surface area (Å²) in [6, 6.07) is 0. The van der Waals surface area contributed by atoms with E-state index in [-0.39, 0.29) is 10.8 Å². The lowest BCUT2D eigenvalue weighted by Crippen LogP contribution is -2.42. The molecule has 3 heteroatoms. The van der Waals surface area contributed by atoms with Crippen molar-refractivity contribution >= 4 is 14.1 Å². The van der Waals surface area contributed by atoms with Gasteiger partial charge >= 0.3 is 0 Å².